The summed E-state index contributed by atoms with van der Waals surface area (Å²) in [5, 5.41) is 0. The lowest BCUT2D eigenvalue weighted by Gasteiger charge is -2.22. The molecule has 2 amide bonds. The average Bonchev–Trinajstić information content (AvgIpc) is 2.91. The second-order valence-electron chi connectivity index (χ2n) is 7.03. The van der Waals surface area contributed by atoms with Gasteiger partial charge in [0.05, 0.1) is 6.42 Å². The molecule has 1 aromatic carbocycles. The molecule has 3 rings (SSSR count). The zero-order chi connectivity index (χ0) is 19.2. The van der Waals surface area contributed by atoms with Crippen molar-refractivity contribution in [3.8, 4) is 5.75 Å². The minimum Gasteiger partial charge on any atom is -0.484 e. The van der Waals surface area contributed by atoms with Gasteiger partial charge in [-0.3, -0.25) is 9.59 Å². The highest BCUT2D eigenvalue weighted by molar-refractivity contribution is 5.80. The van der Waals surface area contributed by atoms with Crippen LogP contribution in [0, 0.1) is 6.92 Å². The van der Waals surface area contributed by atoms with Gasteiger partial charge in [0, 0.05) is 45.6 Å². The molecule has 0 N–H and O–H groups in total. The minimum absolute atomic E-state index is 0.0306. The number of para-hydroxylation sites is 1. The molecule has 2 heterocycles. The molecule has 0 unspecified atom stereocenters. The molecule has 1 aliphatic rings. The van der Waals surface area contributed by atoms with Gasteiger partial charge < -0.3 is 19.1 Å². The van der Waals surface area contributed by atoms with Crippen LogP contribution >= 0.6 is 0 Å². The number of ether oxygens (including phenoxy) is 1. The summed E-state index contributed by atoms with van der Waals surface area (Å²) in [4.78, 5) is 28.7. The Labute approximate surface area is 160 Å². The third-order valence-electron chi connectivity index (χ3n) is 4.89. The Morgan fingerprint density at radius 2 is 1.70 bits per heavy atom. The maximum atomic E-state index is 12.5. The van der Waals surface area contributed by atoms with Gasteiger partial charge in [0.1, 0.15) is 5.75 Å². The van der Waals surface area contributed by atoms with Gasteiger partial charge in [-0.2, -0.15) is 0 Å². The highest BCUT2D eigenvalue weighted by Gasteiger charge is 2.22. The van der Waals surface area contributed by atoms with E-state index in [9.17, 15) is 9.59 Å². The second-order valence-corrected chi connectivity index (χ2v) is 7.03. The van der Waals surface area contributed by atoms with Crippen molar-refractivity contribution in [2.75, 3.05) is 32.8 Å². The number of nitrogens with zero attached hydrogens (tertiary/aromatic N) is 3. The molecule has 0 radical (unpaired) electrons. The number of aryl methyl sites for hydroxylation is 2. The zero-order valence-electron chi connectivity index (χ0n) is 16.1. The van der Waals surface area contributed by atoms with E-state index in [2.05, 4.69) is 0 Å². The number of aromatic nitrogens is 1. The first-order chi connectivity index (χ1) is 13.0. The lowest BCUT2D eigenvalue weighted by molar-refractivity contribution is -0.134. The van der Waals surface area contributed by atoms with Crippen molar-refractivity contribution in [2.45, 2.75) is 19.8 Å². The van der Waals surface area contributed by atoms with E-state index in [0.29, 0.717) is 32.6 Å². The van der Waals surface area contributed by atoms with Gasteiger partial charge in [0.2, 0.25) is 5.91 Å². The smallest absolute Gasteiger partial charge is 0.260 e. The number of carbonyl (C=O) groups is 2. The van der Waals surface area contributed by atoms with E-state index in [4.69, 9.17) is 4.74 Å². The van der Waals surface area contributed by atoms with Crippen molar-refractivity contribution in [1.29, 1.82) is 0 Å². The summed E-state index contributed by atoms with van der Waals surface area (Å²) >= 11 is 0. The van der Waals surface area contributed by atoms with Crippen molar-refractivity contribution >= 4 is 11.8 Å². The Kier molecular flexibility index (Phi) is 6.16. The van der Waals surface area contributed by atoms with E-state index in [0.717, 1.165) is 23.3 Å². The summed E-state index contributed by atoms with van der Waals surface area (Å²) in [5.74, 6) is 0.822. The number of benzene rings is 1. The number of rotatable bonds is 5. The lowest BCUT2D eigenvalue weighted by Crippen LogP contribution is -2.39. The van der Waals surface area contributed by atoms with Gasteiger partial charge in [-0.15, -0.1) is 0 Å². The molecule has 27 heavy (non-hydrogen) atoms. The van der Waals surface area contributed by atoms with Crippen LogP contribution in [-0.2, 0) is 23.1 Å². The molecule has 0 saturated carbocycles. The molecular weight excluding hydrogens is 342 g/mol. The third kappa shape index (κ3) is 5.12. The van der Waals surface area contributed by atoms with Gasteiger partial charge >= 0.3 is 0 Å². The average molecular weight is 369 g/mol. The van der Waals surface area contributed by atoms with Gasteiger partial charge in [0.25, 0.3) is 5.91 Å². The maximum absolute atomic E-state index is 12.5. The van der Waals surface area contributed by atoms with Crippen molar-refractivity contribution < 1.29 is 14.3 Å². The first-order valence-electron chi connectivity index (χ1n) is 9.38. The van der Waals surface area contributed by atoms with Crippen LogP contribution in [0.15, 0.2) is 42.7 Å². The fraction of sp³-hybridized carbons (Fsp3) is 0.429. The molecule has 1 aromatic heterocycles. The molecule has 1 fully saturated rings. The van der Waals surface area contributed by atoms with Gasteiger partial charge in [-0.25, -0.2) is 0 Å². The SMILES string of the molecule is Cc1ccccc1OCC(=O)N1CCCN(C(=O)Cc2ccn(C)c2)CC1. The summed E-state index contributed by atoms with van der Waals surface area (Å²) < 4.78 is 7.62. The van der Waals surface area contributed by atoms with Gasteiger partial charge in [-0.1, -0.05) is 18.2 Å². The maximum Gasteiger partial charge on any atom is 0.260 e. The monoisotopic (exact) mass is 369 g/mol. The molecular formula is C21H27N3O3. The molecule has 6 nitrogen and oxygen atoms in total. The summed E-state index contributed by atoms with van der Waals surface area (Å²) in [7, 11) is 1.95. The normalized spacial score (nSPS) is 14.7. The summed E-state index contributed by atoms with van der Waals surface area (Å²) in [6, 6.07) is 9.64. The van der Waals surface area contributed by atoms with E-state index >= 15 is 0 Å². The van der Waals surface area contributed by atoms with Crippen LogP contribution in [0.4, 0.5) is 0 Å². The fourth-order valence-electron chi connectivity index (χ4n) is 3.32. The largest absolute Gasteiger partial charge is 0.484 e. The standard InChI is InChI=1S/C21H27N3O3/c1-17-6-3-4-7-19(17)27-16-21(26)24-10-5-9-23(12-13-24)20(25)14-18-8-11-22(2)15-18/h3-4,6-8,11,15H,5,9-10,12-14,16H2,1-2H3. The van der Waals surface area contributed by atoms with E-state index in [1.165, 1.54) is 0 Å². The molecule has 1 aliphatic heterocycles. The number of hydrogen-bond acceptors (Lipinski definition) is 3. The zero-order valence-corrected chi connectivity index (χ0v) is 16.1. The van der Waals surface area contributed by atoms with E-state index < -0.39 is 0 Å². The highest BCUT2D eigenvalue weighted by Crippen LogP contribution is 2.16. The lowest BCUT2D eigenvalue weighted by atomic mass is 10.2. The minimum atomic E-state index is -0.0318. The number of hydrogen-bond donors (Lipinski definition) is 0. The third-order valence-corrected chi connectivity index (χ3v) is 4.89. The Balaban J connectivity index is 1.49. The van der Waals surface area contributed by atoms with Crippen LogP contribution in [0.1, 0.15) is 17.5 Å². The topological polar surface area (TPSA) is 54.8 Å². The summed E-state index contributed by atoms with van der Waals surface area (Å²) in [6.07, 6.45) is 5.11. The van der Waals surface area contributed by atoms with Crippen molar-refractivity contribution in [1.82, 2.24) is 14.4 Å². The molecule has 0 aliphatic carbocycles. The van der Waals surface area contributed by atoms with Crippen LogP contribution < -0.4 is 4.74 Å². The number of carbonyl (C=O) groups excluding carboxylic acids is 2. The van der Waals surface area contributed by atoms with Crippen LogP contribution in [0.2, 0.25) is 0 Å². The molecule has 6 heteroatoms. The van der Waals surface area contributed by atoms with E-state index in [1.807, 2.05) is 66.2 Å². The molecule has 0 bridgehead atoms. The first-order valence-corrected chi connectivity index (χ1v) is 9.38. The van der Waals surface area contributed by atoms with Crippen LogP contribution in [0.25, 0.3) is 0 Å². The Hall–Kier alpha value is -2.76. The van der Waals surface area contributed by atoms with Gasteiger partial charge in [-0.05, 0) is 36.6 Å². The second kappa shape index (κ2) is 8.75. The van der Waals surface area contributed by atoms with E-state index in [-0.39, 0.29) is 18.4 Å². The van der Waals surface area contributed by atoms with Gasteiger partial charge in [0.15, 0.2) is 6.61 Å². The fourth-order valence-corrected chi connectivity index (χ4v) is 3.32. The Bertz CT molecular complexity index is 799. The predicted octanol–water partition coefficient (Wildman–Crippen LogP) is 2.02. The predicted molar refractivity (Wildman–Crippen MR) is 104 cm³/mol. The summed E-state index contributed by atoms with van der Waals surface area (Å²) in [5.41, 5.74) is 2.03. The molecule has 0 spiro atoms. The van der Waals surface area contributed by atoms with Crippen molar-refractivity contribution in [3.05, 3.63) is 53.9 Å². The molecule has 0 atom stereocenters. The van der Waals surface area contributed by atoms with Crippen LogP contribution in [0.5, 0.6) is 5.75 Å². The van der Waals surface area contributed by atoms with Crippen LogP contribution in [0.3, 0.4) is 0 Å². The highest BCUT2D eigenvalue weighted by atomic mass is 16.5. The summed E-state index contributed by atoms with van der Waals surface area (Å²) in [6.45, 7) is 4.46. The van der Waals surface area contributed by atoms with Crippen LogP contribution in [-0.4, -0.2) is 59.0 Å². The number of amides is 2. The molecule has 2 aromatic rings. The Morgan fingerprint density at radius 1 is 1.00 bits per heavy atom. The molecule has 1 saturated heterocycles. The van der Waals surface area contributed by atoms with Crippen molar-refractivity contribution in [2.24, 2.45) is 7.05 Å². The molecule has 144 valence electrons. The van der Waals surface area contributed by atoms with Crippen molar-refractivity contribution in [3.63, 3.8) is 0 Å². The first kappa shape index (κ1) is 19.0. The quantitative estimate of drug-likeness (QED) is 0.810. The Morgan fingerprint density at radius 3 is 2.37 bits per heavy atom. The van der Waals surface area contributed by atoms with E-state index in [1.54, 1.807) is 4.90 Å².